The van der Waals surface area contributed by atoms with Crippen LogP contribution in [0.15, 0.2) is 36.4 Å². The number of benzene rings is 2. The van der Waals surface area contributed by atoms with Gasteiger partial charge in [0, 0.05) is 23.9 Å². The Morgan fingerprint density at radius 1 is 1.00 bits per heavy atom. The van der Waals surface area contributed by atoms with Gasteiger partial charge < -0.3 is 25.3 Å². The third kappa shape index (κ3) is 4.32. The third-order valence-electron chi connectivity index (χ3n) is 3.58. The monoisotopic (exact) mass is 330 g/mol. The highest BCUT2D eigenvalue weighted by Gasteiger charge is 2.13. The molecular weight excluding hydrogens is 308 g/mol. The van der Waals surface area contributed by atoms with E-state index in [1.807, 2.05) is 12.1 Å². The second kappa shape index (κ2) is 8.10. The molecule has 0 fully saturated rings. The van der Waals surface area contributed by atoms with Crippen molar-refractivity contribution < 1.29 is 19.0 Å². The van der Waals surface area contributed by atoms with Gasteiger partial charge in [-0.2, -0.15) is 0 Å². The van der Waals surface area contributed by atoms with Gasteiger partial charge in [0.25, 0.3) is 0 Å². The molecule has 2 aromatic rings. The number of nitrogens with two attached hydrogens (primary N) is 1. The Morgan fingerprint density at radius 3 is 2.29 bits per heavy atom. The number of nitrogen functional groups attached to an aromatic ring is 1. The van der Waals surface area contributed by atoms with Gasteiger partial charge in [0.2, 0.25) is 5.91 Å². The number of carbonyl (C=O) groups excluding carboxylic acids is 1. The number of methoxy groups -OCH3 is 3. The minimum absolute atomic E-state index is 0.0996. The second-order valence-corrected chi connectivity index (χ2v) is 5.22. The predicted octanol–water partition coefficient (Wildman–Crippen LogP) is 2.15. The van der Waals surface area contributed by atoms with Crippen molar-refractivity contribution in [3.8, 4) is 17.2 Å². The van der Waals surface area contributed by atoms with Crippen LogP contribution in [0, 0.1) is 0 Å². The minimum Gasteiger partial charge on any atom is -0.496 e. The minimum atomic E-state index is -0.0996. The van der Waals surface area contributed by atoms with E-state index in [-0.39, 0.29) is 12.3 Å². The van der Waals surface area contributed by atoms with Crippen LogP contribution < -0.4 is 25.3 Å². The average molecular weight is 330 g/mol. The van der Waals surface area contributed by atoms with Crippen molar-refractivity contribution in [2.75, 3.05) is 27.1 Å². The van der Waals surface area contributed by atoms with Gasteiger partial charge in [0.05, 0.1) is 27.8 Å². The molecule has 1 amide bonds. The van der Waals surface area contributed by atoms with Crippen molar-refractivity contribution in [1.82, 2.24) is 5.32 Å². The van der Waals surface area contributed by atoms with Crippen LogP contribution in [0.3, 0.4) is 0 Å². The molecule has 0 spiro atoms. The summed E-state index contributed by atoms with van der Waals surface area (Å²) in [4.78, 5) is 12.1. The van der Waals surface area contributed by atoms with Crippen LogP contribution in [-0.4, -0.2) is 27.2 Å². The first kappa shape index (κ1) is 17.5. The summed E-state index contributed by atoms with van der Waals surface area (Å²) in [6.45, 7) is 0.324. The molecule has 6 heteroatoms. The van der Waals surface area contributed by atoms with Gasteiger partial charge in [-0.25, -0.2) is 0 Å². The van der Waals surface area contributed by atoms with Crippen molar-refractivity contribution in [3.63, 3.8) is 0 Å². The Bertz CT molecular complexity index is 716. The molecule has 2 aromatic carbocycles. The number of nitrogens with one attached hydrogen (secondary N) is 1. The molecule has 6 nitrogen and oxygen atoms in total. The molecule has 0 bridgehead atoms. The Morgan fingerprint density at radius 2 is 1.67 bits per heavy atom. The Balaban J connectivity index is 2.06. The molecular formula is C18H22N2O4. The first-order chi connectivity index (χ1) is 11.6. The van der Waals surface area contributed by atoms with Crippen LogP contribution in [0.5, 0.6) is 17.2 Å². The summed E-state index contributed by atoms with van der Waals surface area (Å²) in [6.07, 6.45) is 0.265. The topological polar surface area (TPSA) is 82.8 Å². The molecule has 0 heterocycles. The maximum absolute atomic E-state index is 12.1. The van der Waals surface area contributed by atoms with Gasteiger partial charge in [0.1, 0.15) is 5.75 Å². The number of hydrogen-bond donors (Lipinski definition) is 2. The molecule has 3 N–H and O–H groups in total. The molecule has 0 saturated carbocycles. The summed E-state index contributed by atoms with van der Waals surface area (Å²) in [5.41, 5.74) is 8.03. The molecule has 0 aliphatic rings. The highest BCUT2D eigenvalue weighted by Crippen LogP contribution is 2.34. The lowest BCUT2D eigenvalue weighted by Crippen LogP contribution is -2.24. The van der Waals surface area contributed by atoms with Crippen molar-refractivity contribution in [2.24, 2.45) is 0 Å². The maximum Gasteiger partial charge on any atom is 0.224 e. The number of amides is 1. The number of carbonyl (C=O) groups is 1. The summed E-state index contributed by atoms with van der Waals surface area (Å²) < 4.78 is 15.9. The van der Waals surface area contributed by atoms with Crippen molar-refractivity contribution in [3.05, 3.63) is 47.5 Å². The molecule has 2 rings (SSSR count). The molecule has 0 atom stereocenters. The van der Waals surface area contributed by atoms with E-state index in [0.29, 0.717) is 29.5 Å². The molecule has 0 aromatic heterocycles. The quantitative estimate of drug-likeness (QED) is 0.760. The number of rotatable bonds is 7. The maximum atomic E-state index is 12.1. The van der Waals surface area contributed by atoms with E-state index in [9.17, 15) is 4.79 Å². The lowest BCUT2D eigenvalue weighted by atomic mass is 10.1. The molecule has 0 radical (unpaired) electrons. The van der Waals surface area contributed by atoms with Crippen LogP contribution in [0.1, 0.15) is 11.1 Å². The van der Waals surface area contributed by atoms with E-state index in [1.165, 1.54) is 0 Å². The standard InChI is InChI=1S/C18H22N2O4/c1-22-15-10-17(24-3)16(23-2)9-13(15)11-20-18(21)8-12-5-4-6-14(19)7-12/h4-7,9-10H,8,11,19H2,1-3H3,(H,20,21). The Kier molecular flexibility index (Phi) is 5.89. The Labute approximate surface area is 141 Å². The summed E-state index contributed by atoms with van der Waals surface area (Å²) in [5.74, 6) is 1.68. The zero-order valence-electron chi connectivity index (χ0n) is 14.1. The molecule has 0 unspecified atom stereocenters. The molecule has 128 valence electrons. The lowest BCUT2D eigenvalue weighted by Gasteiger charge is -2.14. The SMILES string of the molecule is COc1cc(OC)c(OC)cc1CNC(=O)Cc1cccc(N)c1. The van der Waals surface area contributed by atoms with E-state index < -0.39 is 0 Å². The predicted molar refractivity (Wildman–Crippen MR) is 92.5 cm³/mol. The fraction of sp³-hybridized carbons (Fsp3) is 0.278. The zero-order valence-corrected chi connectivity index (χ0v) is 14.1. The van der Waals surface area contributed by atoms with Gasteiger partial charge in [-0.15, -0.1) is 0 Å². The molecule has 0 aliphatic heterocycles. The van der Waals surface area contributed by atoms with Crippen LogP contribution in [0.4, 0.5) is 5.69 Å². The van der Waals surface area contributed by atoms with Crippen molar-refractivity contribution >= 4 is 11.6 Å². The van der Waals surface area contributed by atoms with E-state index >= 15 is 0 Å². The third-order valence-corrected chi connectivity index (χ3v) is 3.58. The van der Waals surface area contributed by atoms with Crippen LogP contribution >= 0.6 is 0 Å². The number of anilines is 1. The van der Waals surface area contributed by atoms with Crippen LogP contribution in [0.25, 0.3) is 0 Å². The van der Waals surface area contributed by atoms with E-state index in [1.54, 1.807) is 45.6 Å². The van der Waals surface area contributed by atoms with Crippen molar-refractivity contribution in [1.29, 1.82) is 0 Å². The van der Waals surface area contributed by atoms with Gasteiger partial charge in [-0.1, -0.05) is 12.1 Å². The van der Waals surface area contributed by atoms with E-state index in [2.05, 4.69) is 5.32 Å². The van der Waals surface area contributed by atoms with Gasteiger partial charge in [0.15, 0.2) is 11.5 Å². The molecule has 0 aliphatic carbocycles. The first-order valence-electron chi connectivity index (χ1n) is 7.47. The normalized spacial score (nSPS) is 10.1. The van der Waals surface area contributed by atoms with Gasteiger partial charge in [-0.3, -0.25) is 4.79 Å². The van der Waals surface area contributed by atoms with Crippen LogP contribution in [-0.2, 0) is 17.8 Å². The average Bonchev–Trinajstić information content (AvgIpc) is 2.59. The largest absolute Gasteiger partial charge is 0.496 e. The molecule has 24 heavy (non-hydrogen) atoms. The second-order valence-electron chi connectivity index (χ2n) is 5.22. The summed E-state index contributed by atoms with van der Waals surface area (Å²) in [6, 6.07) is 10.8. The van der Waals surface area contributed by atoms with Gasteiger partial charge >= 0.3 is 0 Å². The fourth-order valence-electron chi connectivity index (χ4n) is 2.38. The fourth-order valence-corrected chi connectivity index (χ4v) is 2.38. The first-order valence-corrected chi connectivity index (χ1v) is 7.47. The Hall–Kier alpha value is -2.89. The summed E-state index contributed by atoms with van der Waals surface area (Å²) in [5, 5.41) is 2.87. The molecule has 0 saturated heterocycles. The summed E-state index contributed by atoms with van der Waals surface area (Å²) in [7, 11) is 4.69. The zero-order chi connectivity index (χ0) is 17.5. The number of hydrogen-bond acceptors (Lipinski definition) is 5. The highest BCUT2D eigenvalue weighted by molar-refractivity contribution is 5.79. The smallest absolute Gasteiger partial charge is 0.224 e. The number of ether oxygens (including phenoxy) is 3. The summed E-state index contributed by atoms with van der Waals surface area (Å²) >= 11 is 0. The lowest BCUT2D eigenvalue weighted by molar-refractivity contribution is -0.120. The van der Waals surface area contributed by atoms with Crippen LogP contribution in [0.2, 0.25) is 0 Å². The highest BCUT2D eigenvalue weighted by atomic mass is 16.5. The van der Waals surface area contributed by atoms with E-state index in [0.717, 1.165) is 11.1 Å². The van der Waals surface area contributed by atoms with Crippen molar-refractivity contribution in [2.45, 2.75) is 13.0 Å². The van der Waals surface area contributed by atoms with E-state index in [4.69, 9.17) is 19.9 Å². The van der Waals surface area contributed by atoms with Gasteiger partial charge in [-0.05, 0) is 23.8 Å².